The molecule has 0 aromatic carbocycles. The average Bonchev–Trinajstić information content (AvgIpc) is 2.80. The predicted molar refractivity (Wildman–Crippen MR) is 73.0 cm³/mol. The van der Waals surface area contributed by atoms with Crippen molar-refractivity contribution in [2.75, 3.05) is 0 Å². The second-order valence-electron chi connectivity index (χ2n) is 3.63. The molecule has 0 aliphatic rings. The molecule has 0 spiro atoms. The largest absolute Gasteiger partial charge is 0.375 e. The summed E-state index contributed by atoms with van der Waals surface area (Å²) in [4.78, 5) is 4.18. The maximum Gasteiger partial charge on any atom is 0.101 e. The topological polar surface area (TPSA) is 30.7 Å². The third kappa shape index (κ3) is 6.66. The number of nitrogens with zero attached hydrogens (tertiary/aromatic N) is 3. The number of hydrogen-bond donors (Lipinski definition) is 0. The molecule has 2 aromatic rings. The van der Waals surface area contributed by atoms with Crippen LogP contribution < -0.4 is 0 Å². The van der Waals surface area contributed by atoms with Gasteiger partial charge < -0.3 is 4.98 Å². The first kappa shape index (κ1) is 18.0. The van der Waals surface area contributed by atoms with Gasteiger partial charge >= 0.3 is 0 Å². The van der Waals surface area contributed by atoms with Crippen LogP contribution in [0.25, 0.3) is 0 Å². The molecule has 0 saturated carbocycles. The quantitative estimate of drug-likeness (QED) is 0.595. The molecule has 0 unspecified atom stereocenters. The zero-order chi connectivity index (χ0) is 13.4. The van der Waals surface area contributed by atoms with E-state index in [9.17, 15) is 0 Å². The Morgan fingerprint density at radius 2 is 2.00 bits per heavy atom. The van der Waals surface area contributed by atoms with Gasteiger partial charge in [-0.25, -0.2) is 0 Å². The molecule has 3 nitrogen and oxygen atoms in total. The van der Waals surface area contributed by atoms with Crippen molar-refractivity contribution in [3.63, 3.8) is 0 Å². The van der Waals surface area contributed by atoms with Gasteiger partial charge in [-0.2, -0.15) is 11.2 Å². The van der Waals surface area contributed by atoms with Crippen LogP contribution in [0.3, 0.4) is 0 Å². The molecule has 19 heavy (non-hydrogen) atoms. The molecular formula is C15H18N3Y-. The van der Waals surface area contributed by atoms with Crippen LogP contribution in [0.2, 0.25) is 0 Å². The Balaban J connectivity index is 0.00000103. The first-order valence-corrected chi connectivity index (χ1v) is 6.06. The number of aryl methyl sites for hydroxylation is 2. The minimum absolute atomic E-state index is 0. The zero-order valence-electron chi connectivity index (χ0n) is 11.9. The summed E-state index contributed by atoms with van der Waals surface area (Å²) in [6.07, 6.45) is 5.55. The molecular weight excluding hydrogens is 311 g/mol. The molecule has 0 fully saturated rings. The van der Waals surface area contributed by atoms with Gasteiger partial charge in [0.05, 0.1) is 6.20 Å². The molecule has 2 rings (SSSR count). The third-order valence-electron chi connectivity index (χ3n) is 2.05. The standard InChI is InChI=1S/C13H12N3.C2H6.Y/c1-11-5-6-13(14-8-11)4-3-7-16-10-12(2)9-15-16;1-2;/h6,8-10H,7H2,1-2H3;1-2H3;/q-1;;. The van der Waals surface area contributed by atoms with Crippen molar-refractivity contribution in [2.45, 2.75) is 34.2 Å². The summed E-state index contributed by atoms with van der Waals surface area (Å²) in [5, 5.41) is 4.15. The second-order valence-corrected chi connectivity index (χ2v) is 3.63. The van der Waals surface area contributed by atoms with Crippen LogP contribution in [-0.4, -0.2) is 14.8 Å². The van der Waals surface area contributed by atoms with Crippen LogP contribution in [0, 0.1) is 31.8 Å². The molecule has 0 saturated heterocycles. The van der Waals surface area contributed by atoms with Crippen molar-refractivity contribution in [1.29, 1.82) is 0 Å². The predicted octanol–water partition coefficient (Wildman–Crippen LogP) is 2.77. The van der Waals surface area contributed by atoms with Gasteiger partial charge in [0.15, 0.2) is 0 Å². The molecule has 97 valence electrons. The van der Waals surface area contributed by atoms with E-state index >= 15 is 0 Å². The van der Waals surface area contributed by atoms with Crippen molar-refractivity contribution in [3.8, 4) is 11.8 Å². The molecule has 0 atom stereocenters. The van der Waals surface area contributed by atoms with Crippen LogP contribution in [0.4, 0.5) is 0 Å². The summed E-state index contributed by atoms with van der Waals surface area (Å²) >= 11 is 0. The minimum atomic E-state index is 0. The van der Waals surface area contributed by atoms with E-state index in [2.05, 4.69) is 28.0 Å². The van der Waals surface area contributed by atoms with Gasteiger partial charge in [-0.3, -0.25) is 4.68 Å². The van der Waals surface area contributed by atoms with Crippen molar-refractivity contribution in [1.82, 2.24) is 14.8 Å². The molecule has 0 bridgehead atoms. The van der Waals surface area contributed by atoms with Crippen molar-refractivity contribution < 1.29 is 32.7 Å². The number of hydrogen-bond acceptors (Lipinski definition) is 2. The summed E-state index contributed by atoms with van der Waals surface area (Å²) in [5.74, 6) is 6.00. The fraction of sp³-hybridized carbons (Fsp3) is 0.333. The van der Waals surface area contributed by atoms with Gasteiger partial charge in [-0.05, 0) is 18.2 Å². The van der Waals surface area contributed by atoms with E-state index in [-0.39, 0.29) is 32.7 Å². The monoisotopic (exact) mass is 329 g/mol. The molecule has 4 heteroatoms. The van der Waals surface area contributed by atoms with Gasteiger partial charge in [0.1, 0.15) is 6.54 Å². The van der Waals surface area contributed by atoms with Gasteiger partial charge in [0, 0.05) is 38.9 Å². The number of pyridine rings is 1. The SMILES string of the molecule is CC.Cc1[c-]cc(C#CCn2cc(C)cn2)nc1.[Y]. The molecule has 1 radical (unpaired) electrons. The summed E-state index contributed by atoms with van der Waals surface area (Å²) in [5.41, 5.74) is 2.91. The van der Waals surface area contributed by atoms with Crippen LogP contribution in [0.15, 0.2) is 24.7 Å². The van der Waals surface area contributed by atoms with E-state index in [1.54, 1.807) is 16.9 Å². The summed E-state index contributed by atoms with van der Waals surface area (Å²) in [6, 6.07) is 4.87. The number of aromatic nitrogens is 3. The smallest absolute Gasteiger partial charge is 0.101 e. The molecule has 0 N–H and O–H groups in total. The van der Waals surface area contributed by atoms with E-state index in [4.69, 9.17) is 0 Å². The van der Waals surface area contributed by atoms with Crippen LogP contribution in [-0.2, 0) is 39.3 Å². The summed E-state index contributed by atoms with van der Waals surface area (Å²) in [6.45, 7) is 8.55. The molecule has 0 amide bonds. The Hall–Kier alpha value is -0.976. The first-order chi connectivity index (χ1) is 8.74. The Bertz CT molecular complexity index is 533. The second kappa shape index (κ2) is 9.89. The normalized spacial score (nSPS) is 8.42. The van der Waals surface area contributed by atoms with Crippen LogP contribution in [0.1, 0.15) is 30.7 Å². The van der Waals surface area contributed by atoms with Crippen LogP contribution in [0.5, 0.6) is 0 Å². The Labute approximate surface area is 140 Å². The van der Waals surface area contributed by atoms with E-state index in [1.807, 2.05) is 40.1 Å². The average molecular weight is 329 g/mol. The van der Waals surface area contributed by atoms with E-state index in [0.29, 0.717) is 6.54 Å². The zero-order valence-corrected chi connectivity index (χ0v) is 14.8. The van der Waals surface area contributed by atoms with Gasteiger partial charge in [0.2, 0.25) is 0 Å². The maximum atomic E-state index is 4.18. The molecule has 2 heterocycles. The van der Waals surface area contributed by atoms with E-state index < -0.39 is 0 Å². The third-order valence-corrected chi connectivity index (χ3v) is 2.05. The van der Waals surface area contributed by atoms with Gasteiger partial charge in [0.25, 0.3) is 0 Å². The minimum Gasteiger partial charge on any atom is -0.375 e. The van der Waals surface area contributed by atoms with Crippen LogP contribution >= 0.6 is 0 Å². The molecule has 0 aliphatic carbocycles. The maximum absolute atomic E-state index is 4.18. The first-order valence-electron chi connectivity index (χ1n) is 6.06. The number of rotatable bonds is 1. The van der Waals surface area contributed by atoms with Crippen molar-refractivity contribution in [2.24, 2.45) is 0 Å². The summed E-state index contributed by atoms with van der Waals surface area (Å²) in [7, 11) is 0. The summed E-state index contributed by atoms with van der Waals surface area (Å²) < 4.78 is 1.81. The molecule has 2 aromatic heterocycles. The fourth-order valence-electron chi connectivity index (χ4n) is 1.26. The Kier molecular flexibility index (Phi) is 9.38. The van der Waals surface area contributed by atoms with E-state index in [1.165, 1.54) is 0 Å². The van der Waals surface area contributed by atoms with Crippen molar-refractivity contribution in [3.05, 3.63) is 47.5 Å². The van der Waals surface area contributed by atoms with Gasteiger partial charge in [-0.1, -0.05) is 32.9 Å². The Morgan fingerprint density at radius 1 is 1.26 bits per heavy atom. The molecule has 0 aliphatic heterocycles. The Morgan fingerprint density at radius 3 is 2.53 bits per heavy atom. The van der Waals surface area contributed by atoms with Crippen molar-refractivity contribution >= 4 is 0 Å². The van der Waals surface area contributed by atoms with E-state index in [0.717, 1.165) is 16.8 Å². The fourth-order valence-corrected chi connectivity index (χ4v) is 1.26. The van der Waals surface area contributed by atoms with Gasteiger partial charge in [-0.15, -0.1) is 17.6 Å².